The molecule has 2 aromatic rings. The number of aromatic hydroxyl groups is 1. The van der Waals surface area contributed by atoms with E-state index in [1.165, 1.54) is 5.56 Å². The normalized spacial score (nSPS) is 18.6. The number of anilines is 1. The van der Waals surface area contributed by atoms with Crippen molar-refractivity contribution in [3.05, 3.63) is 53.6 Å². The van der Waals surface area contributed by atoms with Crippen molar-refractivity contribution in [3.8, 4) is 11.5 Å². The molecule has 1 fully saturated rings. The fourth-order valence-electron chi connectivity index (χ4n) is 3.87. The Morgan fingerprint density at radius 2 is 1.97 bits per heavy atom. The van der Waals surface area contributed by atoms with Crippen molar-refractivity contribution in [3.63, 3.8) is 0 Å². The summed E-state index contributed by atoms with van der Waals surface area (Å²) in [6, 6.07) is 14.1. The summed E-state index contributed by atoms with van der Waals surface area (Å²) in [7, 11) is 1.69. The molecule has 31 heavy (non-hydrogen) atoms. The molecule has 0 amide bonds. The maximum absolute atomic E-state index is 10.1. The summed E-state index contributed by atoms with van der Waals surface area (Å²) in [4.78, 5) is 0. The molecular formula is C25H36N2O4. The zero-order chi connectivity index (χ0) is 21.9. The molecule has 0 aliphatic carbocycles. The van der Waals surface area contributed by atoms with Crippen molar-refractivity contribution in [2.45, 2.75) is 44.8 Å². The number of hydrogen-bond donors (Lipinski definition) is 3. The van der Waals surface area contributed by atoms with Crippen LogP contribution in [0.4, 0.5) is 5.69 Å². The van der Waals surface area contributed by atoms with Crippen molar-refractivity contribution in [2.75, 3.05) is 45.3 Å². The van der Waals surface area contributed by atoms with E-state index in [9.17, 15) is 5.11 Å². The van der Waals surface area contributed by atoms with Crippen molar-refractivity contribution in [1.82, 2.24) is 5.32 Å². The highest BCUT2D eigenvalue weighted by Gasteiger charge is 2.27. The second-order valence-corrected chi connectivity index (χ2v) is 7.99. The van der Waals surface area contributed by atoms with E-state index in [0.717, 1.165) is 62.5 Å². The van der Waals surface area contributed by atoms with E-state index in [2.05, 4.69) is 41.8 Å². The Bertz CT molecular complexity index is 782. The molecule has 3 N–H and O–H groups in total. The summed E-state index contributed by atoms with van der Waals surface area (Å²) in [6.45, 7) is 6.63. The van der Waals surface area contributed by atoms with Gasteiger partial charge < -0.3 is 30.0 Å². The van der Waals surface area contributed by atoms with Crippen LogP contribution >= 0.6 is 0 Å². The molecule has 0 spiro atoms. The highest BCUT2D eigenvalue weighted by Crippen LogP contribution is 2.30. The number of methoxy groups -OCH3 is 1. The average Bonchev–Trinajstić information content (AvgIpc) is 2.81. The topological polar surface area (TPSA) is 72.0 Å². The number of ether oxygens (including phenoxy) is 3. The fraction of sp³-hybridized carbons (Fsp3) is 0.520. The first kappa shape index (κ1) is 23.4. The van der Waals surface area contributed by atoms with Crippen LogP contribution in [0.3, 0.4) is 0 Å². The molecule has 170 valence electrons. The number of hydrogen-bond acceptors (Lipinski definition) is 6. The number of rotatable bonds is 12. The molecule has 0 bridgehead atoms. The molecule has 6 nitrogen and oxygen atoms in total. The van der Waals surface area contributed by atoms with Gasteiger partial charge in [-0.25, -0.2) is 0 Å². The van der Waals surface area contributed by atoms with E-state index < -0.39 is 0 Å². The summed E-state index contributed by atoms with van der Waals surface area (Å²) in [5, 5.41) is 16.8. The van der Waals surface area contributed by atoms with E-state index in [0.29, 0.717) is 19.1 Å². The van der Waals surface area contributed by atoms with Crippen molar-refractivity contribution >= 4 is 5.69 Å². The van der Waals surface area contributed by atoms with Crippen LogP contribution in [0.2, 0.25) is 0 Å². The summed E-state index contributed by atoms with van der Waals surface area (Å²) in [5.41, 5.74) is 3.07. The molecule has 1 unspecified atom stereocenters. The molecule has 6 heteroatoms. The third-order valence-electron chi connectivity index (χ3n) is 5.57. The number of nitrogens with one attached hydrogen (secondary N) is 2. The molecule has 1 saturated heterocycles. The lowest BCUT2D eigenvalue weighted by Crippen LogP contribution is -2.40. The standard InChI is InChI=1S/C25H36N2O4/c1-3-14-30-21-8-6-20(7-9-21)22-11-13-26-17-25(22)31-18-19-5-10-24(28)23(16-19)27-12-4-15-29-2/h5-10,16,22,25-28H,3-4,11-15,17-18H2,1-2H3/t22?,25-/m0/s1. The van der Waals surface area contributed by atoms with Gasteiger partial charge in [0.1, 0.15) is 11.5 Å². The van der Waals surface area contributed by atoms with Crippen LogP contribution < -0.4 is 15.4 Å². The Labute approximate surface area is 185 Å². The van der Waals surface area contributed by atoms with Crippen molar-refractivity contribution < 1.29 is 19.3 Å². The lowest BCUT2D eigenvalue weighted by molar-refractivity contribution is 0.0106. The van der Waals surface area contributed by atoms with Crippen molar-refractivity contribution in [1.29, 1.82) is 0 Å². The molecule has 1 aliphatic heterocycles. The van der Waals surface area contributed by atoms with E-state index >= 15 is 0 Å². The molecule has 1 aliphatic rings. The largest absolute Gasteiger partial charge is 0.506 e. The van der Waals surface area contributed by atoms with E-state index in [1.54, 1.807) is 13.2 Å². The van der Waals surface area contributed by atoms with Crippen LogP contribution in [-0.2, 0) is 16.1 Å². The first-order valence-electron chi connectivity index (χ1n) is 11.3. The van der Waals surface area contributed by atoms with Crippen LogP contribution in [0.5, 0.6) is 11.5 Å². The van der Waals surface area contributed by atoms with Gasteiger partial charge in [-0.15, -0.1) is 0 Å². The minimum absolute atomic E-state index is 0.100. The summed E-state index contributed by atoms with van der Waals surface area (Å²) in [6.07, 6.45) is 3.03. The summed E-state index contributed by atoms with van der Waals surface area (Å²) in [5.74, 6) is 1.53. The van der Waals surface area contributed by atoms with Gasteiger partial charge in [0.2, 0.25) is 0 Å². The number of phenols is 1. The van der Waals surface area contributed by atoms with E-state index in [-0.39, 0.29) is 11.9 Å². The quantitative estimate of drug-likeness (QED) is 0.346. The van der Waals surface area contributed by atoms with Gasteiger partial charge in [-0.3, -0.25) is 0 Å². The van der Waals surface area contributed by atoms with Gasteiger partial charge in [-0.1, -0.05) is 25.1 Å². The van der Waals surface area contributed by atoms with Gasteiger partial charge in [0.05, 0.1) is 25.0 Å². The minimum atomic E-state index is 0.100. The fourth-order valence-corrected chi connectivity index (χ4v) is 3.87. The molecule has 0 saturated carbocycles. The number of piperidine rings is 1. The van der Waals surface area contributed by atoms with E-state index in [1.807, 2.05) is 12.1 Å². The predicted molar refractivity (Wildman–Crippen MR) is 124 cm³/mol. The molecular weight excluding hydrogens is 392 g/mol. The van der Waals surface area contributed by atoms with Crippen LogP contribution in [-0.4, -0.2) is 51.2 Å². The predicted octanol–water partition coefficient (Wildman–Crippen LogP) is 4.29. The molecule has 2 atom stereocenters. The van der Waals surface area contributed by atoms with Gasteiger partial charge in [0, 0.05) is 32.7 Å². The SMILES string of the molecule is CCCOc1ccc(C2CCNC[C@@H]2OCc2ccc(O)c(NCCCOC)c2)cc1. The average molecular weight is 429 g/mol. The molecule has 2 aromatic carbocycles. The van der Waals surface area contributed by atoms with E-state index in [4.69, 9.17) is 14.2 Å². The molecule has 0 aromatic heterocycles. The third kappa shape index (κ3) is 7.13. The summed E-state index contributed by atoms with van der Waals surface area (Å²) >= 11 is 0. The first-order valence-corrected chi connectivity index (χ1v) is 11.3. The number of phenolic OH excluding ortho intramolecular Hbond substituents is 1. The Morgan fingerprint density at radius 1 is 1.13 bits per heavy atom. The zero-order valence-electron chi connectivity index (χ0n) is 18.7. The molecule has 0 radical (unpaired) electrons. The van der Waals surface area contributed by atoms with Crippen molar-refractivity contribution in [2.24, 2.45) is 0 Å². The second kappa shape index (κ2) is 12.5. The minimum Gasteiger partial charge on any atom is -0.506 e. The third-order valence-corrected chi connectivity index (χ3v) is 5.57. The highest BCUT2D eigenvalue weighted by atomic mass is 16.5. The lowest BCUT2D eigenvalue weighted by atomic mass is 9.87. The van der Waals surface area contributed by atoms with Gasteiger partial charge in [-0.2, -0.15) is 0 Å². The van der Waals surface area contributed by atoms with Gasteiger partial charge in [0.25, 0.3) is 0 Å². The monoisotopic (exact) mass is 428 g/mol. The highest BCUT2D eigenvalue weighted by molar-refractivity contribution is 5.57. The maximum atomic E-state index is 10.1. The number of benzene rings is 2. The zero-order valence-corrected chi connectivity index (χ0v) is 18.7. The Hall–Kier alpha value is -2.28. The summed E-state index contributed by atoms with van der Waals surface area (Å²) < 4.78 is 17.1. The van der Waals surface area contributed by atoms with Crippen LogP contribution in [0.15, 0.2) is 42.5 Å². The van der Waals surface area contributed by atoms with Crippen LogP contribution in [0, 0.1) is 0 Å². The maximum Gasteiger partial charge on any atom is 0.138 e. The van der Waals surface area contributed by atoms with Crippen LogP contribution in [0.25, 0.3) is 0 Å². The van der Waals surface area contributed by atoms with Crippen LogP contribution in [0.1, 0.15) is 43.2 Å². The van der Waals surface area contributed by atoms with Gasteiger partial charge in [-0.05, 0) is 61.2 Å². The second-order valence-electron chi connectivity index (χ2n) is 7.99. The molecule has 1 heterocycles. The van der Waals surface area contributed by atoms with Gasteiger partial charge >= 0.3 is 0 Å². The Kier molecular flexibility index (Phi) is 9.46. The smallest absolute Gasteiger partial charge is 0.138 e. The molecule has 3 rings (SSSR count). The van der Waals surface area contributed by atoms with Gasteiger partial charge in [0.15, 0.2) is 0 Å². The lowest BCUT2D eigenvalue weighted by Gasteiger charge is -2.32. The first-order chi connectivity index (χ1) is 15.2. The Balaban J connectivity index is 1.59. The Morgan fingerprint density at radius 3 is 2.74 bits per heavy atom.